The van der Waals surface area contributed by atoms with Crippen molar-refractivity contribution in [3.8, 4) is 0 Å². The van der Waals surface area contributed by atoms with Crippen molar-refractivity contribution in [3.63, 3.8) is 0 Å². The molecule has 1 aromatic heterocycles. The van der Waals surface area contributed by atoms with E-state index in [1.54, 1.807) is 7.05 Å². The maximum Gasteiger partial charge on any atom is 0.268 e. The molecule has 2 amide bonds. The molecule has 1 fully saturated rings. The zero-order chi connectivity index (χ0) is 15.6. The van der Waals surface area contributed by atoms with Crippen LogP contribution in [0, 0.1) is 0 Å². The Morgan fingerprint density at radius 1 is 1.48 bits per heavy atom. The molecule has 0 bridgehead atoms. The molecule has 0 saturated carbocycles. The van der Waals surface area contributed by atoms with E-state index in [0.717, 1.165) is 0 Å². The molecule has 0 radical (unpaired) electrons. The smallest absolute Gasteiger partial charge is 0.268 e. The number of piperidine rings is 1. The van der Waals surface area contributed by atoms with Gasteiger partial charge in [0, 0.05) is 32.3 Å². The summed E-state index contributed by atoms with van der Waals surface area (Å²) in [4.78, 5) is 23.3. The van der Waals surface area contributed by atoms with Crippen molar-refractivity contribution < 1.29 is 18.0 Å². The molecule has 0 aliphatic carbocycles. The van der Waals surface area contributed by atoms with Crippen LogP contribution in [0.25, 0.3) is 0 Å². The van der Waals surface area contributed by atoms with E-state index < -0.39 is 10.0 Å². The number of carbonyl (C=O) groups excluding carboxylic acids is 2. The summed E-state index contributed by atoms with van der Waals surface area (Å²) < 4.78 is 27.1. The number of sulfonamides is 1. The Morgan fingerprint density at radius 2 is 2.19 bits per heavy atom. The van der Waals surface area contributed by atoms with Gasteiger partial charge >= 0.3 is 0 Å². The molecule has 8 nitrogen and oxygen atoms in total. The Labute approximate surface area is 122 Å². The molecule has 0 spiro atoms. The third-order valence-electron chi connectivity index (χ3n) is 3.39. The molecular weight excluding hydrogens is 296 g/mol. The lowest BCUT2D eigenvalue weighted by Crippen LogP contribution is -2.48. The molecule has 1 aliphatic heterocycles. The molecule has 1 aromatic rings. The first kappa shape index (κ1) is 15.5. The molecule has 1 unspecified atom stereocenters. The minimum atomic E-state index is -3.58. The number of nitrogens with zero attached hydrogens (tertiary/aromatic N) is 1. The van der Waals surface area contributed by atoms with Crippen LogP contribution in [0.2, 0.25) is 0 Å². The number of aryl methyl sites for hydroxylation is 1. The number of amides is 2. The lowest BCUT2D eigenvalue weighted by atomic mass is 10.1. The predicted molar refractivity (Wildman–Crippen MR) is 75.2 cm³/mol. The van der Waals surface area contributed by atoms with Crippen LogP contribution in [0.4, 0.5) is 0 Å². The van der Waals surface area contributed by atoms with Gasteiger partial charge in [-0.1, -0.05) is 0 Å². The van der Waals surface area contributed by atoms with Crippen LogP contribution in [0.5, 0.6) is 0 Å². The Morgan fingerprint density at radius 3 is 2.76 bits per heavy atom. The van der Waals surface area contributed by atoms with Gasteiger partial charge in [0.1, 0.15) is 10.6 Å². The number of hydrogen-bond acceptors (Lipinski definition) is 4. The second-order valence-corrected chi connectivity index (χ2v) is 6.78. The van der Waals surface area contributed by atoms with E-state index in [4.69, 9.17) is 0 Å². The monoisotopic (exact) mass is 314 g/mol. The summed E-state index contributed by atoms with van der Waals surface area (Å²) in [5, 5.41) is 5.47. The zero-order valence-electron chi connectivity index (χ0n) is 11.8. The maximum atomic E-state index is 12.2. The zero-order valence-corrected chi connectivity index (χ0v) is 12.7. The summed E-state index contributed by atoms with van der Waals surface area (Å²) in [5.41, 5.74) is 0.251. The maximum absolute atomic E-state index is 12.2. The Balaban J connectivity index is 2.11. The van der Waals surface area contributed by atoms with Crippen molar-refractivity contribution in [3.05, 3.63) is 18.0 Å². The fourth-order valence-electron chi connectivity index (χ4n) is 2.14. The van der Waals surface area contributed by atoms with Gasteiger partial charge in [-0.25, -0.2) is 13.1 Å². The summed E-state index contributed by atoms with van der Waals surface area (Å²) in [7, 11) is -0.666. The first-order chi connectivity index (χ1) is 9.83. The second-order valence-electron chi connectivity index (χ2n) is 4.89. The molecular formula is C12H18N4O4S. The van der Waals surface area contributed by atoms with Gasteiger partial charge in [-0.05, 0) is 19.5 Å². The SMILES string of the molecule is CNS(=O)(=O)c1cc(C(=O)NC2CCC(=O)NC2)n(C)c1. The van der Waals surface area contributed by atoms with E-state index in [1.807, 2.05) is 0 Å². The van der Waals surface area contributed by atoms with Gasteiger partial charge in [0.15, 0.2) is 0 Å². The average Bonchev–Trinajstić information content (AvgIpc) is 2.84. The highest BCUT2D eigenvalue weighted by atomic mass is 32.2. The second kappa shape index (κ2) is 5.86. The standard InChI is InChI=1S/C12H18N4O4S/c1-13-21(19,20)9-5-10(16(2)7-9)12(18)15-8-3-4-11(17)14-6-8/h5,7-8,13H,3-4,6H2,1-2H3,(H,14,17)(H,15,18). The van der Waals surface area contributed by atoms with Gasteiger partial charge in [0.05, 0.1) is 0 Å². The Bertz CT molecular complexity index is 655. The summed E-state index contributed by atoms with van der Waals surface area (Å²) in [6.45, 7) is 0.386. The molecule has 21 heavy (non-hydrogen) atoms. The average molecular weight is 314 g/mol. The molecule has 1 atom stereocenters. The number of aromatic nitrogens is 1. The molecule has 1 saturated heterocycles. The lowest BCUT2D eigenvalue weighted by Gasteiger charge is -2.23. The van der Waals surface area contributed by atoms with Gasteiger partial charge in [-0.15, -0.1) is 0 Å². The van der Waals surface area contributed by atoms with E-state index >= 15 is 0 Å². The van der Waals surface area contributed by atoms with Gasteiger partial charge in [0.2, 0.25) is 15.9 Å². The molecule has 116 valence electrons. The number of hydrogen-bond donors (Lipinski definition) is 3. The van der Waals surface area contributed by atoms with Crippen LogP contribution in [0.3, 0.4) is 0 Å². The fourth-order valence-corrected chi connectivity index (χ4v) is 2.94. The van der Waals surface area contributed by atoms with E-state index in [-0.39, 0.29) is 28.4 Å². The third kappa shape index (κ3) is 3.42. The molecule has 9 heteroatoms. The summed E-state index contributed by atoms with van der Waals surface area (Å²) in [6.07, 6.45) is 2.32. The summed E-state index contributed by atoms with van der Waals surface area (Å²) in [6, 6.07) is 1.18. The van der Waals surface area contributed by atoms with Gasteiger partial charge in [-0.3, -0.25) is 9.59 Å². The van der Waals surface area contributed by atoms with Crippen molar-refractivity contribution in [1.82, 2.24) is 19.9 Å². The highest BCUT2D eigenvalue weighted by Crippen LogP contribution is 2.13. The molecule has 2 rings (SSSR count). The van der Waals surface area contributed by atoms with E-state index in [1.165, 1.54) is 23.9 Å². The Hall–Kier alpha value is -1.87. The molecule has 1 aliphatic rings. The molecule has 0 aromatic carbocycles. The van der Waals surface area contributed by atoms with Crippen molar-refractivity contribution in [2.45, 2.75) is 23.8 Å². The predicted octanol–water partition coefficient (Wildman–Crippen LogP) is -1.06. The highest BCUT2D eigenvalue weighted by Gasteiger charge is 2.23. The van der Waals surface area contributed by atoms with Crippen LogP contribution < -0.4 is 15.4 Å². The molecule has 2 heterocycles. The number of carbonyl (C=O) groups is 2. The van der Waals surface area contributed by atoms with Crippen molar-refractivity contribution in [1.29, 1.82) is 0 Å². The first-order valence-corrected chi connectivity index (χ1v) is 7.99. The van der Waals surface area contributed by atoms with E-state index in [9.17, 15) is 18.0 Å². The van der Waals surface area contributed by atoms with E-state index in [0.29, 0.717) is 19.4 Å². The topological polar surface area (TPSA) is 109 Å². The van der Waals surface area contributed by atoms with Crippen LogP contribution in [-0.4, -0.2) is 44.4 Å². The van der Waals surface area contributed by atoms with Crippen LogP contribution in [-0.2, 0) is 21.9 Å². The Kier molecular flexibility index (Phi) is 4.33. The van der Waals surface area contributed by atoms with Crippen molar-refractivity contribution >= 4 is 21.8 Å². The molecule has 3 N–H and O–H groups in total. The normalized spacial score (nSPS) is 19.1. The third-order valence-corrected chi connectivity index (χ3v) is 4.77. The quantitative estimate of drug-likeness (QED) is 0.658. The fraction of sp³-hybridized carbons (Fsp3) is 0.500. The summed E-state index contributed by atoms with van der Waals surface area (Å²) in [5.74, 6) is -0.391. The summed E-state index contributed by atoms with van der Waals surface area (Å²) >= 11 is 0. The highest BCUT2D eigenvalue weighted by molar-refractivity contribution is 7.89. The lowest BCUT2D eigenvalue weighted by molar-refractivity contribution is -0.122. The van der Waals surface area contributed by atoms with Crippen LogP contribution >= 0.6 is 0 Å². The van der Waals surface area contributed by atoms with Crippen LogP contribution in [0.15, 0.2) is 17.2 Å². The van der Waals surface area contributed by atoms with Crippen molar-refractivity contribution in [2.75, 3.05) is 13.6 Å². The van der Waals surface area contributed by atoms with Crippen LogP contribution in [0.1, 0.15) is 23.3 Å². The first-order valence-electron chi connectivity index (χ1n) is 6.51. The number of rotatable bonds is 4. The van der Waals surface area contributed by atoms with Gasteiger partial charge in [0.25, 0.3) is 5.91 Å². The minimum Gasteiger partial charge on any atom is -0.354 e. The minimum absolute atomic E-state index is 0.0261. The van der Waals surface area contributed by atoms with E-state index in [2.05, 4.69) is 15.4 Å². The number of nitrogens with one attached hydrogen (secondary N) is 3. The van der Waals surface area contributed by atoms with Gasteiger partial charge in [-0.2, -0.15) is 0 Å². The van der Waals surface area contributed by atoms with Gasteiger partial charge < -0.3 is 15.2 Å². The largest absolute Gasteiger partial charge is 0.354 e. The van der Waals surface area contributed by atoms with Crippen molar-refractivity contribution in [2.24, 2.45) is 7.05 Å².